The van der Waals surface area contributed by atoms with Gasteiger partial charge in [-0.3, -0.25) is 0 Å². The molecule has 172 valence electrons. The zero-order chi connectivity index (χ0) is 21.6. The number of hydrogen-bond acceptors (Lipinski definition) is 4. The Balaban J connectivity index is 0.00000341. The number of guanidine groups is 1. The third-order valence-corrected chi connectivity index (χ3v) is 5.53. The largest absolute Gasteiger partial charge is 0.387 e. The van der Waals surface area contributed by atoms with E-state index in [4.69, 9.17) is 0 Å². The van der Waals surface area contributed by atoms with Crippen LogP contribution in [0, 0.1) is 0 Å². The number of aromatic nitrogens is 3. The van der Waals surface area contributed by atoms with Gasteiger partial charge in [-0.25, -0.2) is 4.99 Å². The minimum Gasteiger partial charge on any atom is -0.387 e. The van der Waals surface area contributed by atoms with Crippen LogP contribution in [0.2, 0.25) is 0 Å². The first kappa shape index (κ1) is 25.6. The van der Waals surface area contributed by atoms with Crippen molar-refractivity contribution in [2.45, 2.75) is 78.0 Å². The third kappa shape index (κ3) is 7.17. The Labute approximate surface area is 203 Å². The second-order valence-corrected chi connectivity index (χ2v) is 8.96. The molecule has 0 saturated carbocycles. The van der Waals surface area contributed by atoms with Crippen molar-refractivity contribution in [1.82, 2.24) is 25.4 Å². The van der Waals surface area contributed by atoms with Gasteiger partial charge in [-0.2, -0.15) is 0 Å². The summed E-state index contributed by atoms with van der Waals surface area (Å²) in [6.45, 7) is 11.2. The average Bonchev–Trinajstić information content (AvgIpc) is 2.95. The first-order chi connectivity index (χ1) is 14.4. The van der Waals surface area contributed by atoms with E-state index in [-0.39, 0.29) is 29.4 Å². The number of rotatable bonds is 6. The summed E-state index contributed by atoms with van der Waals surface area (Å²) in [5.74, 6) is 2.65. The summed E-state index contributed by atoms with van der Waals surface area (Å²) in [4.78, 5) is 4.67. The van der Waals surface area contributed by atoms with Crippen LogP contribution in [0.5, 0.6) is 0 Å². The van der Waals surface area contributed by atoms with Crippen LogP contribution < -0.4 is 10.6 Å². The number of hydrogen-bond donors (Lipinski definition) is 3. The highest BCUT2D eigenvalue weighted by Crippen LogP contribution is 2.23. The van der Waals surface area contributed by atoms with Crippen LogP contribution >= 0.6 is 24.0 Å². The van der Waals surface area contributed by atoms with Gasteiger partial charge in [0, 0.05) is 26.1 Å². The molecule has 0 spiro atoms. The van der Waals surface area contributed by atoms with E-state index in [2.05, 4.69) is 63.3 Å². The number of aliphatic imine (C=N–C) groups is 1. The number of aliphatic hydroxyl groups is 1. The van der Waals surface area contributed by atoms with E-state index >= 15 is 0 Å². The monoisotopic (exact) mass is 540 g/mol. The lowest BCUT2D eigenvalue weighted by molar-refractivity contribution is 0.181. The molecule has 1 aliphatic heterocycles. The molecule has 0 saturated heterocycles. The molecule has 0 radical (unpaired) electrons. The zero-order valence-corrected chi connectivity index (χ0v) is 21.5. The van der Waals surface area contributed by atoms with Crippen molar-refractivity contribution in [3.05, 3.63) is 47.0 Å². The van der Waals surface area contributed by atoms with Crippen molar-refractivity contribution in [2.24, 2.45) is 4.99 Å². The fourth-order valence-electron chi connectivity index (χ4n) is 3.67. The summed E-state index contributed by atoms with van der Waals surface area (Å²) in [6, 6.07) is 8.19. The molecule has 1 unspecified atom stereocenters. The van der Waals surface area contributed by atoms with Gasteiger partial charge < -0.3 is 20.3 Å². The summed E-state index contributed by atoms with van der Waals surface area (Å²) in [5.41, 5.74) is 2.26. The van der Waals surface area contributed by atoms with Gasteiger partial charge in [-0.1, -0.05) is 51.5 Å². The molecule has 2 aromatic rings. The molecular weight excluding hydrogens is 503 g/mol. The van der Waals surface area contributed by atoms with Crippen molar-refractivity contribution in [2.75, 3.05) is 13.1 Å². The molecule has 0 amide bonds. The van der Waals surface area contributed by atoms with E-state index in [0.29, 0.717) is 19.0 Å². The average molecular weight is 540 g/mol. The molecule has 3 N–H and O–H groups in total. The van der Waals surface area contributed by atoms with Crippen molar-refractivity contribution < 1.29 is 5.11 Å². The molecule has 0 bridgehead atoms. The Morgan fingerprint density at radius 2 is 1.87 bits per heavy atom. The molecule has 0 fully saturated rings. The maximum atomic E-state index is 10.6. The molecule has 0 aliphatic carbocycles. The van der Waals surface area contributed by atoms with Gasteiger partial charge in [0.1, 0.15) is 12.4 Å². The normalized spacial score (nSPS) is 15.5. The topological polar surface area (TPSA) is 87.4 Å². The maximum Gasteiger partial charge on any atom is 0.191 e. The van der Waals surface area contributed by atoms with Crippen molar-refractivity contribution in [3.8, 4) is 0 Å². The summed E-state index contributed by atoms with van der Waals surface area (Å²) in [6.07, 6.45) is 3.98. The summed E-state index contributed by atoms with van der Waals surface area (Å²) in [5, 5.41) is 25.8. The Bertz CT molecular complexity index is 841. The minimum atomic E-state index is -0.604. The third-order valence-electron chi connectivity index (χ3n) is 5.53. The highest BCUT2D eigenvalue weighted by atomic mass is 127. The standard InChI is InChI=1S/C23H36N6O.HI/c1-5-24-22(26-16-21-28-27-20-9-7-6-8-14-29(20)21)25-15-19(30)17-10-12-18(13-11-17)23(2,3)4;/h10-13,19,30H,5-9,14-16H2,1-4H3,(H2,24,25,26);1H. The maximum absolute atomic E-state index is 10.6. The number of nitrogens with zero attached hydrogens (tertiary/aromatic N) is 4. The first-order valence-electron chi connectivity index (χ1n) is 11.1. The smallest absolute Gasteiger partial charge is 0.191 e. The Kier molecular flexibility index (Phi) is 9.74. The van der Waals surface area contributed by atoms with Crippen molar-refractivity contribution in [3.63, 3.8) is 0 Å². The van der Waals surface area contributed by atoms with Crippen LogP contribution in [0.15, 0.2) is 29.3 Å². The van der Waals surface area contributed by atoms with E-state index in [0.717, 1.165) is 36.7 Å². The highest BCUT2D eigenvalue weighted by Gasteiger charge is 2.16. The van der Waals surface area contributed by atoms with Gasteiger partial charge in [0.05, 0.1) is 6.10 Å². The van der Waals surface area contributed by atoms with E-state index in [1.807, 2.05) is 19.1 Å². The van der Waals surface area contributed by atoms with Gasteiger partial charge >= 0.3 is 0 Å². The fourth-order valence-corrected chi connectivity index (χ4v) is 3.67. The first-order valence-corrected chi connectivity index (χ1v) is 11.1. The molecule has 1 atom stereocenters. The minimum absolute atomic E-state index is 0. The van der Waals surface area contributed by atoms with Crippen LogP contribution in [0.25, 0.3) is 0 Å². The quantitative estimate of drug-likeness (QED) is 0.296. The van der Waals surface area contributed by atoms with Crippen LogP contribution in [-0.4, -0.2) is 38.9 Å². The van der Waals surface area contributed by atoms with Crippen molar-refractivity contribution in [1.29, 1.82) is 0 Å². The van der Waals surface area contributed by atoms with Crippen LogP contribution in [0.1, 0.15) is 75.8 Å². The molecule has 2 heterocycles. The highest BCUT2D eigenvalue weighted by molar-refractivity contribution is 14.0. The number of benzene rings is 1. The van der Waals surface area contributed by atoms with E-state index in [9.17, 15) is 5.11 Å². The number of halogens is 1. The van der Waals surface area contributed by atoms with E-state index < -0.39 is 6.10 Å². The molecule has 8 heteroatoms. The number of nitrogens with one attached hydrogen (secondary N) is 2. The molecule has 3 rings (SSSR count). The van der Waals surface area contributed by atoms with Gasteiger partial charge in [0.2, 0.25) is 0 Å². The fraction of sp³-hybridized carbons (Fsp3) is 0.609. The molecule has 1 aliphatic rings. The van der Waals surface area contributed by atoms with Crippen LogP contribution in [0.3, 0.4) is 0 Å². The SMILES string of the molecule is CCNC(=NCc1nnc2n1CCCCC2)NCC(O)c1ccc(C(C)(C)C)cc1.I. The second-order valence-electron chi connectivity index (χ2n) is 8.96. The Morgan fingerprint density at radius 1 is 1.13 bits per heavy atom. The summed E-state index contributed by atoms with van der Waals surface area (Å²) in [7, 11) is 0. The van der Waals surface area contributed by atoms with E-state index in [1.54, 1.807) is 0 Å². The second kappa shape index (κ2) is 11.8. The van der Waals surface area contributed by atoms with Crippen LogP contribution in [-0.2, 0) is 24.9 Å². The lowest BCUT2D eigenvalue weighted by Crippen LogP contribution is -2.39. The molecule has 7 nitrogen and oxygen atoms in total. The van der Waals surface area contributed by atoms with Gasteiger partial charge in [-0.15, -0.1) is 34.2 Å². The van der Waals surface area contributed by atoms with Crippen LogP contribution in [0.4, 0.5) is 0 Å². The molecule has 31 heavy (non-hydrogen) atoms. The number of fused-ring (bicyclic) bond motifs is 1. The number of aliphatic hydroxyl groups excluding tert-OH is 1. The van der Waals surface area contributed by atoms with Gasteiger partial charge in [0.15, 0.2) is 11.8 Å². The zero-order valence-electron chi connectivity index (χ0n) is 19.2. The predicted octanol–water partition coefficient (Wildman–Crippen LogP) is 3.71. The lowest BCUT2D eigenvalue weighted by Gasteiger charge is -2.20. The van der Waals surface area contributed by atoms with E-state index in [1.165, 1.54) is 24.8 Å². The lowest BCUT2D eigenvalue weighted by atomic mass is 9.86. The van der Waals surface area contributed by atoms with Gasteiger partial charge in [-0.05, 0) is 36.3 Å². The molecule has 1 aromatic carbocycles. The Hall–Kier alpha value is -1.68. The number of aryl methyl sites for hydroxylation is 1. The molecular formula is C23H37IN6O. The van der Waals surface area contributed by atoms with Crippen molar-refractivity contribution >= 4 is 29.9 Å². The predicted molar refractivity (Wildman–Crippen MR) is 136 cm³/mol. The molecule has 1 aromatic heterocycles. The Morgan fingerprint density at radius 3 is 2.55 bits per heavy atom. The van der Waals surface area contributed by atoms with Gasteiger partial charge in [0.25, 0.3) is 0 Å². The summed E-state index contributed by atoms with van der Waals surface area (Å²) < 4.78 is 2.21. The summed E-state index contributed by atoms with van der Waals surface area (Å²) >= 11 is 0.